The summed E-state index contributed by atoms with van der Waals surface area (Å²) in [6.45, 7) is 3.07. The van der Waals surface area contributed by atoms with Gasteiger partial charge >= 0.3 is 12.0 Å². The zero-order chi connectivity index (χ0) is 22.9. The molecule has 0 bridgehead atoms. The van der Waals surface area contributed by atoms with E-state index in [0.29, 0.717) is 29.8 Å². The van der Waals surface area contributed by atoms with E-state index in [0.717, 1.165) is 29.9 Å². The lowest BCUT2D eigenvalue weighted by Gasteiger charge is -2.36. The molecule has 1 aliphatic carbocycles. The first-order chi connectivity index (χ1) is 15.4. The third-order valence-electron chi connectivity index (χ3n) is 5.42. The largest absolute Gasteiger partial charge is 0.481 e. The number of nitrogens with one attached hydrogen (secondary N) is 1. The van der Waals surface area contributed by atoms with Gasteiger partial charge in [0.15, 0.2) is 5.13 Å². The SMILES string of the molecule is C[C@H]1CC[C@H](N(CCOCc2ccccc2F)C(=O)Nc2ncc(SCC(=O)O)s2)CC1. The Labute approximate surface area is 195 Å². The Morgan fingerprint density at radius 3 is 2.78 bits per heavy atom. The molecule has 174 valence electrons. The van der Waals surface area contributed by atoms with Crippen LogP contribution in [0.3, 0.4) is 0 Å². The van der Waals surface area contributed by atoms with Crippen LogP contribution in [0.1, 0.15) is 38.2 Å². The molecule has 3 rings (SSSR count). The number of amides is 2. The van der Waals surface area contributed by atoms with Crippen LogP contribution in [0.2, 0.25) is 0 Å². The van der Waals surface area contributed by atoms with Crippen molar-refractivity contribution in [3.63, 3.8) is 0 Å². The minimum atomic E-state index is -0.901. The van der Waals surface area contributed by atoms with E-state index in [4.69, 9.17) is 9.84 Å². The second-order valence-electron chi connectivity index (χ2n) is 7.85. The molecule has 10 heteroatoms. The van der Waals surface area contributed by atoms with Gasteiger partial charge in [-0.3, -0.25) is 10.1 Å². The zero-order valence-corrected chi connectivity index (χ0v) is 19.6. The van der Waals surface area contributed by atoms with Crippen molar-refractivity contribution in [1.82, 2.24) is 9.88 Å². The maximum Gasteiger partial charge on any atom is 0.323 e. The van der Waals surface area contributed by atoms with Crippen LogP contribution in [-0.4, -0.2) is 51.9 Å². The van der Waals surface area contributed by atoms with E-state index >= 15 is 0 Å². The average molecular weight is 482 g/mol. The van der Waals surface area contributed by atoms with E-state index < -0.39 is 5.97 Å². The lowest BCUT2D eigenvalue weighted by Crippen LogP contribution is -2.46. The molecule has 0 aliphatic heterocycles. The molecule has 1 aromatic heterocycles. The number of anilines is 1. The van der Waals surface area contributed by atoms with Gasteiger partial charge in [-0.25, -0.2) is 14.2 Å². The highest BCUT2D eigenvalue weighted by atomic mass is 32.2. The van der Waals surface area contributed by atoms with Gasteiger partial charge in [-0.15, -0.1) is 11.8 Å². The van der Waals surface area contributed by atoms with Crippen LogP contribution in [0.25, 0.3) is 0 Å². The molecule has 2 N–H and O–H groups in total. The molecule has 1 fully saturated rings. The Bertz CT molecular complexity index is 903. The summed E-state index contributed by atoms with van der Waals surface area (Å²) in [5, 5.41) is 12.1. The fourth-order valence-electron chi connectivity index (χ4n) is 3.64. The zero-order valence-electron chi connectivity index (χ0n) is 18.0. The summed E-state index contributed by atoms with van der Waals surface area (Å²) in [5.41, 5.74) is 0.490. The summed E-state index contributed by atoms with van der Waals surface area (Å²) >= 11 is 2.42. The number of carbonyl (C=O) groups is 2. The van der Waals surface area contributed by atoms with E-state index in [-0.39, 0.29) is 30.2 Å². The van der Waals surface area contributed by atoms with Crippen molar-refractivity contribution in [2.24, 2.45) is 5.92 Å². The maximum absolute atomic E-state index is 13.8. The molecule has 2 aromatic rings. The smallest absolute Gasteiger partial charge is 0.323 e. The molecular formula is C22H28FN3O4S2. The standard InChI is InChI=1S/C22H28FN3O4S2/c1-15-6-8-17(9-7-15)26(10-11-30-13-16-4-2-3-5-18(16)23)22(29)25-21-24-12-20(32-21)31-14-19(27)28/h2-5,12,15,17H,6-11,13-14H2,1H3,(H,27,28)(H,24,25,29)/t15-,17-. The number of thioether (sulfide) groups is 1. The molecule has 1 aliphatic rings. The number of hydrogen-bond acceptors (Lipinski definition) is 6. The number of carboxylic acids is 1. The number of nitrogens with zero attached hydrogens (tertiary/aromatic N) is 2. The number of carboxylic acid groups (broad SMARTS) is 1. The fraction of sp³-hybridized carbons (Fsp3) is 0.500. The van der Waals surface area contributed by atoms with Crippen molar-refractivity contribution in [2.75, 3.05) is 24.2 Å². The van der Waals surface area contributed by atoms with Crippen molar-refractivity contribution < 1.29 is 23.8 Å². The molecule has 1 heterocycles. The number of rotatable bonds is 10. The molecule has 0 radical (unpaired) electrons. The number of hydrogen-bond donors (Lipinski definition) is 2. The predicted molar refractivity (Wildman–Crippen MR) is 124 cm³/mol. The van der Waals surface area contributed by atoms with Crippen LogP contribution in [0.15, 0.2) is 34.7 Å². The third kappa shape index (κ3) is 7.46. The van der Waals surface area contributed by atoms with Crippen LogP contribution in [0.5, 0.6) is 0 Å². The molecule has 0 saturated heterocycles. The second-order valence-corrected chi connectivity index (χ2v) is 10.2. The highest BCUT2D eigenvalue weighted by Crippen LogP contribution is 2.30. The molecular weight excluding hydrogens is 453 g/mol. The Kier molecular flexibility index (Phi) is 9.31. The molecule has 32 heavy (non-hydrogen) atoms. The normalized spacial score (nSPS) is 18.3. The van der Waals surface area contributed by atoms with Crippen LogP contribution >= 0.6 is 23.1 Å². The van der Waals surface area contributed by atoms with Crippen LogP contribution in [0.4, 0.5) is 14.3 Å². The number of benzene rings is 1. The summed E-state index contributed by atoms with van der Waals surface area (Å²) in [6.07, 6.45) is 5.56. The predicted octanol–water partition coefficient (Wildman–Crippen LogP) is 5.09. The maximum atomic E-state index is 13.8. The molecule has 7 nitrogen and oxygen atoms in total. The first-order valence-corrected chi connectivity index (χ1v) is 12.4. The highest BCUT2D eigenvalue weighted by molar-refractivity contribution is 8.01. The fourth-order valence-corrected chi connectivity index (χ4v) is 5.23. The van der Waals surface area contributed by atoms with Crippen LogP contribution in [-0.2, 0) is 16.1 Å². The number of carbonyl (C=O) groups excluding carboxylic acids is 1. The first kappa shape index (κ1) is 24.5. The van der Waals surface area contributed by atoms with Gasteiger partial charge in [0.25, 0.3) is 0 Å². The van der Waals surface area contributed by atoms with Crippen molar-refractivity contribution in [2.45, 2.75) is 49.5 Å². The van der Waals surface area contributed by atoms with Gasteiger partial charge in [-0.1, -0.05) is 36.5 Å². The molecule has 2 amide bonds. The van der Waals surface area contributed by atoms with Crippen molar-refractivity contribution in [3.05, 3.63) is 41.8 Å². The number of urea groups is 1. The van der Waals surface area contributed by atoms with E-state index in [9.17, 15) is 14.0 Å². The minimum absolute atomic E-state index is 0.0543. The summed E-state index contributed by atoms with van der Waals surface area (Å²) in [5.74, 6) is -0.603. The Morgan fingerprint density at radius 2 is 2.06 bits per heavy atom. The third-order valence-corrected chi connectivity index (χ3v) is 7.51. The van der Waals surface area contributed by atoms with E-state index in [1.807, 2.05) is 0 Å². The topological polar surface area (TPSA) is 91.8 Å². The van der Waals surface area contributed by atoms with Gasteiger partial charge < -0.3 is 14.7 Å². The van der Waals surface area contributed by atoms with Crippen molar-refractivity contribution in [1.29, 1.82) is 0 Å². The van der Waals surface area contributed by atoms with Gasteiger partial charge in [0, 0.05) is 18.2 Å². The van der Waals surface area contributed by atoms with Crippen molar-refractivity contribution >= 4 is 40.2 Å². The van der Waals surface area contributed by atoms with Gasteiger partial charge in [0.2, 0.25) is 0 Å². The van der Waals surface area contributed by atoms with Crippen LogP contribution < -0.4 is 5.32 Å². The monoisotopic (exact) mass is 481 g/mol. The Balaban J connectivity index is 1.57. The number of aromatic nitrogens is 1. The minimum Gasteiger partial charge on any atom is -0.481 e. The number of thiazole rings is 1. The van der Waals surface area contributed by atoms with E-state index in [2.05, 4.69) is 17.2 Å². The Morgan fingerprint density at radius 1 is 1.31 bits per heavy atom. The summed E-state index contributed by atoms with van der Waals surface area (Å²) < 4.78 is 20.2. The summed E-state index contributed by atoms with van der Waals surface area (Å²) in [7, 11) is 0. The lowest BCUT2D eigenvalue weighted by atomic mass is 9.86. The number of ether oxygens (including phenoxy) is 1. The Hall–Kier alpha value is -2.17. The number of halogens is 1. The molecule has 1 saturated carbocycles. The molecule has 0 spiro atoms. The van der Waals surface area contributed by atoms with Gasteiger partial charge in [-0.05, 0) is 37.7 Å². The van der Waals surface area contributed by atoms with E-state index in [1.54, 1.807) is 29.3 Å². The van der Waals surface area contributed by atoms with Crippen molar-refractivity contribution in [3.8, 4) is 0 Å². The second kappa shape index (κ2) is 12.2. The van der Waals surface area contributed by atoms with Gasteiger partial charge in [-0.2, -0.15) is 0 Å². The van der Waals surface area contributed by atoms with E-state index in [1.165, 1.54) is 29.2 Å². The summed E-state index contributed by atoms with van der Waals surface area (Å²) in [4.78, 5) is 29.8. The highest BCUT2D eigenvalue weighted by Gasteiger charge is 2.28. The van der Waals surface area contributed by atoms with Gasteiger partial charge in [0.1, 0.15) is 5.82 Å². The summed E-state index contributed by atoms with van der Waals surface area (Å²) in [6, 6.07) is 6.36. The van der Waals surface area contributed by atoms with Gasteiger partial charge in [0.05, 0.1) is 29.4 Å². The molecule has 0 unspecified atom stereocenters. The number of aliphatic carboxylic acids is 1. The average Bonchev–Trinajstić information content (AvgIpc) is 3.21. The molecule has 0 atom stereocenters. The first-order valence-electron chi connectivity index (χ1n) is 10.6. The quantitative estimate of drug-likeness (QED) is 0.363. The lowest BCUT2D eigenvalue weighted by molar-refractivity contribution is -0.133. The molecule has 1 aromatic carbocycles. The van der Waals surface area contributed by atoms with Crippen LogP contribution in [0, 0.1) is 11.7 Å².